The second-order valence-electron chi connectivity index (χ2n) is 8.61. The Morgan fingerprint density at radius 2 is 1.94 bits per heavy atom. The zero-order chi connectivity index (χ0) is 26.1. The van der Waals surface area contributed by atoms with Gasteiger partial charge in [-0.2, -0.15) is 0 Å². The minimum atomic E-state index is -1.42. The molecule has 4 atom stereocenters. The fraction of sp³-hybridized carbons (Fsp3) is 0.320. The largest absolute Gasteiger partial charge is 0.480 e. The van der Waals surface area contributed by atoms with E-state index in [0.717, 1.165) is 10.5 Å². The van der Waals surface area contributed by atoms with Gasteiger partial charge in [0.05, 0.1) is 16.9 Å². The Morgan fingerprint density at radius 3 is 2.50 bits per heavy atom. The smallest absolute Gasteiger partial charge is 0.327 e. The molecule has 1 saturated heterocycles. The van der Waals surface area contributed by atoms with E-state index in [1.807, 2.05) is 13.0 Å². The maximum absolute atomic E-state index is 14.0. The van der Waals surface area contributed by atoms with Crippen LogP contribution in [0.5, 0.6) is 0 Å². The van der Waals surface area contributed by atoms with Crippen LogP contribution >= 0.6 is 11.3 Å². The highest BCUT2D eigenvalue weighted by molar-refractivity contribution is 7.10. The van der Waals surface area contributed by atoms with E-state index in [-0.39, 0.29) is 17.0 Å². The number of aryl methyl sites for hydroxylation is 2. The Morgan fingerprint density at radius 1 is 1.19 bits per heavy atom. The van der Waals surface area contributed by atoms with Gasteiger partial charge in [0.15, 0.2) is 5.76 Å². The lowest BCUT2D eigenvalue weighted by Crippen LogP contribution is -2.45. The average Bonchev–Trinajstić information content (AvgIpc) is 3.55. The molecule has 0 saturated carbocycles. The number of Topliss-reactive ketones (excluding diaryl/α,β-unsaturated/α-hetero) is 1. The van der Waals surface area contributed by atoms with E-state index in [1.54, 1.807) is 24.4 Å². The fourth-order valence-corrected chi connectivity index (χ4v) is 6.06. The number of non-ortho nitro benzene ring substituents is 1. The summed E-state index contributed by atoms with van der Waals surface area (Å²) >= 11 is 1.30. The van der Waals surface area contributed by atoms with Gasteiger partial charge in [0.25, 0.3) is 5.69 Å². The van der Waals surface area contributed by atoms with Crippen LogP contribution in [-0.2, 0) is 14.3 Å². The number of benzene rings is 1. The number of hydrogen-bond donors (Lipinski definition) is 1. The van der Waals surface area contributed by atoms with Crippen molar-refractivity contribution >= 4 is 34.7 Å². The molecule has 1 amide bonds. The number of carboxylic acids is 1. The molecule has 0 spiro atoms. The Bertz CT molecular complexity index is 1330. The summed E-state index contributed by atoms with van der Waals surface area (Å²) in [6, 6.07) is 7.99. The van der Waals surface area contributed by atoms with Crippen LogP contribution in [0.4, 0.5) is 5.69 Å². The van der Waals surface area contributed by atoms with E-state index < -0.39 is 53.1 Å². The number of nitro groups is 1. The van der Waals surface area contributed by atoms with Gasteiger partial charge in [-0.15, -0.1) is 11.3 Å². The summed E-state index contributed by atoms with van der Waals surface area (Å²) < 4.78 is 10.6. The lowest BCUT2D eigenvalue weighted by molar-refractivity contribution is -0.385. The highest BCUT2D eigenvalue weighted by Crippen LogP contribution is 2.53. The first-order valence-electron chi connectivity index (χ1n) is 11.1. The molecule has 0 aliphatic carbocycles. The maximum Gasteiger partial charge on any atom is 0.327 e. The topological polar surface area (TPSA) is 140 Å². The highest BCUT2D eigenvalue weighted by atomic mass is 32.1. The SMILES string of the molecule is COCC(=O)N1C(C(=O)O)C(c2sccc2C)C(C(=O)c2ccc(C)o2)C1c1cccc([N+](=O)[O-])c1. The summed E-state index contributed by atoms with van der Waals surface area (Å²) in [4.78, 5) is 52.8. The van der Waals surface area contributed by atoms with E-state index in [0.29, 0.717) is 10.6 Å². The van der Waals surface area contributed by atoms with Crippen molar-refractivity contribution in [1.29, 1.82) is 0 Å². The predicted octanol–water partition coefficient (Wildman–Crippen LogP) is 4.13. The van der Waals surface area contributed by atoms with Crippen molar-refractivity contribution < 1.29 is 33.6 Å². The molecule has 1 aliphatic rings. The average molecular weight is 513 g/mol. The first-order valence-corrected chi connectivity index (χ1v) is 12.0. The minimum absolute atomic E-state index is 0.0253. The molecule has 1 aromatic carbocycles. The van der Waals surface area contributed by atoms with Crippen molar-refractivity contribution in [2.75, 3.05) is 13.7 Å². The van der Waals surface area contributed by atoms with Crippen LogP contribution in [0, 0.1) is 29.9 Å². The Kier molecular flexibility index (Phi) is 7.04. The lowest BCUT2D eigenvalue weighted by atomic mass is 9.79. The third-order valence-electron chi connectivity index (χ3n) is 6.39. The second-order valence-corrected chi connectivity index (χ2v) is 9.56. The molecule has 1 N–H and O–H groups in total. The van der Waals surface area contributed by atoms with Gasteiger partial charge in [-0.1, -0.05) is 12.1 Å². The molecular formula is C25H24N2O8S. The number of methoxy groups -OCH3 is 1. The molecule has 10 nitrogen and oxygen atoms in total. The van der Waals surface area contributed by atoms with Crippen LogP contribution in [0.1, 0.15) is 44.3 Å². The van der Waals surface area contributed by atoms with Crippen molar-refractivity contribution in [3.63, 3.8) is 0 Å². The number of furan rings is 1. The van der Waals surface area contributed by atoms with Crippen LogP contribution < -0.4 is 0 Å². The standard InChI is InChI=1S/C25H24N2O8S/c1-13-9-10-36-24(13)20-19(23(29)17-8-7-14(2)35-17)21(15-5-4-6-16(11-15)27(32)33)26(18(28)12-34-3)22(20)25(30)31/h4-11,19-22H,12H2,1-3H3,(H,30,31). The number of nitrogens with zero attached hydrogens (tertiary/aromatic N) is 2. The molecule has 0 bridgehead atoms. The zero-order valence-electron chi connectivity index (χ0n) is 19.7. The van der Waals surface area contributed by atoms with Crippen molar-refractivity contribution in [1.82, 2.24) is 4.90 Å². The summed E-state index contributed by atoms with van der Waals surface area (Å²) in [6.07, 6.45) is 0. The van der Waals surface area contributed by atoms with E-state index in [2.05, 4.69) is 0 Å². The molecule has 36 heavy (non-hydrogen) atoms. The molecule has 2 aromatic heterocycles. The van der Waals surface area contributed by atoms with Gasteiger partial charge in [0.2, 0.25) is 11.7 Å². The predicted molar refractivity (Wildman–Crippen MR) is 129 cm³/mol. The summed E-state index contributed by atoms with van der Waals surface area (Å²) in [7, 11) is 1.31. The Hall–Kier alpha value is -3.83. The third-order valence-corrected chi connectivity index (χ3v) is 7.51. The van der Waals surface area contributed by atoms with E-state index in [1.165, 1.54) is 42.7 Å². The number of hydrogen-bond acceptors (Lipinski definition) is 8. The van der Waals surface area contributed by atoms with Gasteiger partial charge >= 0.3 is 5.97 Å². The van der Waals surface area contributed by atoms with Gasteiger partial charge in [-0.05, 0) is 48.6 Å². The molecule has 1 aliphatic heterocycles. The van der Waals surface area contributed by atoms with Crippen LogP contribution in [0.2, 0.25) is 0 Å². The zero-order valence-corrected chi connectivity index (χ0v) is 20.6. The summed E-state index contributed by atoms with van der Waals surface area (Å²) in [5.41, 5.74) is 0.816. The summed E-state index contributed by atoms with van der Waals surface area (Å²) in [6.45, 7) is 3.07. The summed E-state index contributed by atoms with van der Waals surface area (Å²) in [5, 5.41) is 23.7. The molecule has 0 radical (unpaired) electrons. The normalized spacial score (nSPS) is 21.5. The molecule has 188 valence electrons. The quantitative estimate of drug-likeness (QED) is 0.270. The van der Waals surface area contributed by atoms with E-state index >= 15 is 0 Å². The van der Waals surface area contributed by atoms with Gasteiger partial charge in [0, 0.05) is 30.0 Å². The number of nitro benzene ring substituents is 1. The Balaban J connectivity index is 2.01. The van der Waals surface area contributed by atoms with Crippen molar-refractivity contribution in [3.05, 3.63) is 85.5 Å². The van der Waals surface area contributed by atoms with E-state index in [4.69, 9.17) is 9.15 Å². The van der Waals surface area contributed by atoms with Crippen molar-refractivity contribution in [3.8, 4) is 0 Å². The monoisotopic (exact) mass is 512 g/mol. The van der Waals surface area contributed by atoms with Crippen LogP contribution in [0.25, 0.3) is 0 Å². The lowest BCUT2D eigenvalue weighted by Gasteiger charge is -2.30. The fourth-order valence-electron chi connectivity index (χ4n) is 4.95. The van der Waals surface area contributed by atoms with E-state index in [9.17, 15) is 29.6 Å². The molecule has 1 fully saturated rings. The minimum Gasteiger partial charge on any atom is -0.480 e. The highest BCUT2D eigenvalue weighted by Gasteiger charge is 2.58. The van der Waals surface area contributed by atoms with Crippen LogP contribution in [0.15, 0.2) is 52.3 Å². The van der Waals surface area contributed by atoms with Crippen LogP contribution in [0.3, 0.4) is 0 Å². The number of carbonyl (C=O) groups is 3. The molecule has 4 rings (SSSR count). The van der Waals surface area contributed by atoms with Crippen molar-refractivity contribution in [2.45, 2.75) is 31.8 Å². The summed E-state index contributed by atoms with van der Waals surface area (Å²) in [5.74, 6) is -3.92. The third kappa shape index (κ3) is 4.42. The number of carbonyl (C=O) groups excluding carboxylic acids is 2. The van der Waals surface area contributed by atoms with Gasteiger partial charge < -0.3 is 19.2 Å². The number of carboxylic acid groups (broad SMARTS) is 1. The Labute approximate surface area is 210 Å². The second kappa shape index (κ2) is 10.0. The molecule has 11 heteroatoms. The van der Waals surface area contributed by atoms with Gasteiger partial charge in [-0.25, -0.2) is 4.79 Å². The number of thiophene rings is 1. The van der Waals surface area contributed by atoms with Gasteiger partial charge in [-0.3, -0.25) is 19.7 Å². The number of ether oxygens (including phenoxy) is 1. The van der Waals surface area contributed by atoms with Crippen molar-refractivity contribution in [2.24, 2.45) is 5.92 Å². The maximum atomic E-state index is 14.0. The number of ketones is 1. The molecular weight excluding hydrogens is 488 g/mol. The molecule has 4 unspecified atom stereocenters. The van der Waals surface area contributed by atoms with Gasteiger partial charge in [0.1, 0.15) is 18.4 Å². The first-order chi connectivity index (χ1) is 17.1. The number of rotatable bonds is 8. The molecule has 3 heterocycles. The number of aliphatic carboxylic acids is 1. The first kappa shape index (κ1) is 25.3. The number of amides is 1. The molecule has 3 aromatic rings. The number of likely N-dealkylation sites (tertiary alicyclic amines) is 1. The van der Waals surface area contributed by atoms with Crippen LogP contribution in [-0.4, -0.2) is 52.3 Å².